The summed E-state index contributed by atoms with van der Waals surface area (Å²) in [5.74, 6) is 2.23. The highest BCUT2D eigenvalue weighted by Crippen LogP contribution is 2.44. The second kappa shape index (κ2) is 10.5. The lowest BCUT2D eigenvalue weighted by atomic mass is 9.90. The maximum atomic E-state index is 15.1. The summed E-state index contributed by atoms with van der Waals surface area (Å²) >= 11 is 0. The molecule has 3 aromatic carbocycles. The Morgan fingerprint density at radius 1 is 0.919 bits per heavy atom. The van der Waals surface area contributed by atoms with Crippen LogP contribution in [0.1, 0.15) is 71.9 Å². The topological polar surface area (TPSA) is 52.6 Å². The minimum absolute atomic E-state index is 0.180. The van der Waals surface area contributed by atoms with Gasteiger partial charge in [0.25, 0.3) is 0 Å². The van der Waals surface area contributed by atoms with Crippen molar-refractivity contribution in [3.05, 3.63) is 82.2 Å². The molecule has 0 radical (unpaired) electrons. The molecule has 1 saturated carbocycles. The Labute approximate surface area is 219 Å². The average molecular weight is 523 g/mol. The zero-order valence-electron chi connectivity index (χ0n) is 21.8. The molecule has 5 rings (SSSR count). The standard InChI is InChI=1S/C31H35FO4S/c1-20-18-25(35-16-4-5-17-37(3,33)34)19-21(2)30(20)26-12-14-28(32)31-27(26)13-15-29(31)36-24-10-8-23(9-11-24)22-6-7-22/h8-12,14,18-19,22,29H,4-7,13,15-17H2,1-3H3. The number of aryl methyl sites for hydroxylation is 2. The van der Waals surface area contributed by atoms with E-state index in [9.17, 15) is 8.42 Å². The minimum Gasteiger partial charge on any atom is -0.494 e. The molecule has 196 valence electrons. The first-order valence-corrected chi connectivity index (χ1v) is 15.3. The molecule has 0 spiro atoms. The second-order valence-corrected chi connectivity index (χ2v) is 12.9. The Kier molecular flexibility index (Phi) is 7.30. The zero-order valence-corrected chi connectivity index (χ0v) is 22.7. The molecule has 0 aromatic heterocycles. The molecule has 2 aliphatic rings. The van der Waals surface area contributed by atoms with E-state index in [1.807, 2.05) is 30.3 Å². The summed E-state index contributed by atoms with van der Waals surface area (Å²) in [4.78, 5) is 0. The monoisotopic (exact) mass is 522 g/mol. The molecule has 0 bridgehead atoms. The summed E-state index contributed by atoms with van der Waals surface area (Å²) < 4.78 is 49.9. The van der Waals surface area contributed by atoms with E-state index in [4.69, 9.17) is 9.47 Å². The Hall–Kier alpha value is -2.86. The van der Waals surface area contributed by atoms with Gasteiger partial charge in [0.1, 0.15) is 33.3 Å². The Morgan fingerprint density at radius 2 is 1.62 bits per heavy atom. The molecular weight excluding hydrogens is 487 g/mol. The fraction of sp³-hybridized carbons (Fsp3) is 0.419. The number of ether oxygens (including phenoxy) is 2. The van der Waals surface area contributed by atoms with Gasteiger partial charge < -0.3 is 9.47 Å². The van der Waals surface area contributed by atoms with Crippen LogP contribution in [0.15, 0.2) is 48.5 Å². The summed E-state index contributed by atoms with van der Waals surface area (Å²) in [6, 6.07) is 15.8. The maximum Gasteiger partial charge on any atom is 0.147 e. The van der Waals surface area contributed by atoms with E-state index in [2.05, 4.69) is 26.0 Å². The van der Waals surface area contributed by atoms with Crippen LogP contribution in [-0.4, -0.2) is 27.0 Å². The van der Waals surface area contributed by atoms with Gasteiger partial charge in [-0.05, 0) is 122 Å². The maximum absolute atomic E-state index is 15.1. The predicted molar refractivity (Wildman–Crippen MR) is 146 cm³/mol. The van der Waals surface area contributed by atoms with Crippen molar-refractivity contribution >= 4 is 9.84 Å². The van der Waals surface area contributed by atoms with Gasteiger partial charge in [-0.2, -0.15) is 0 Å². The van der Waals surface area contributed by atoms with Crippen LogP contribution in [0.5, 0.6) is 11.5 Å². The fourth-order valence-corrected chi connectivity index (χ4v) is 6.24. The van der Waals surface area contributed by atoms with E-state index in [0.717, 1.165) is 52.2 Å². The highest BCUT2D eigenvalue weighted by atomic mass is 32.2. The van der Waals surface area contributed by atoms with Crippen LogP contribution in [0, 0.1) is 19.7 Å². The molecular formula is C31H35FO4S. The average Bonchev–Trinajstić information content (AvgIpc) is 3.60. The summed E-state index contributed by atoms with van der Waals surface area (Å²) in [5.41, 5.74) is 7.37. The van der Waals surface area contributed by atoms with Crippen LogP contribution in [0.25, 0.3) is 11.1 Å². The van der Waals surface area contributed by atoms with Gasteiger partial charge in [-0.15, -0.1) is 0 Å². The van der Waals surface area contributed by atoms with Crippen LogP contribution in [0.2, 0.25) is 0 Å². The van der Waals surface area contributed by atoms with Crippen molar-refractivity contribution in [3.8, 4) is 22.6 Å². The summed E-state index contributed by atoms with van der Waals surface area (Å²) in [7, 11) is -2.94. The van der Waals surface area contributed by atoms with E-state index >= 15 is 4.39 Å². The molecule has 0 heterocycles. The number of hydrogen-bond donors (Lipinski definition) is 0. The number of unbranched alkanes of at least 4 members (excludes halogenated alkanes) is 1. The van der Waals surface area contributed by atoms with Crippen molar-refractivity contribution in [2.45, 2.75) is 64.4 Å². The number of fused-ring (bicyclic) bond motifs is 1. The van der Waals surface area contributed by atoms with Crippen molar-refractivity contribution in [2.24, 2.45) is 0 Å². The Morgan fingerprint density at radius 3 is 2.27 bits per heavy atom. The molecule has 1 atom stereocenters. The Bertz CT molecular complexity index is 1370. The third-order valence-electron chi connectivity index (χ3n) is 7.44. The molecule has 2 aliphatic carbocycles. The predicted octanol–water partition coefficient (Wildman–Crippen LogP) is 7.26. The second-order valence-electron chi connectivity index (χ2n) is 10.6. The third-order valence-corrected chi connectivity index (χ3v) is 8.47. The van der Waals surface area contributed by atoms with Gasteiger partial charge >= 0.3 is 0 Å². The van der Waals surface area contributed by atoms with Crippen molar-refractivity contribution in [2.75, 3.05) is 18.6 Å². The zero-order chi connectivity index (χ0) is 26.2. The van der Waals surface area contributed by atoms with Crippen LogP contribution >= 0.6 is 0 Å². The molecule has 0 N–H and O–H groups in total. The third kappa shape index (κ3) is 6.01. The van der Waals surface area contributed by atoms with E-state index in [1.165, 1.54) is 24.7 Å². The minimum atomic E-state index is -2.94. The summed E-state index contributed by atoms with van der Waals surface area (Å²) in [5, 5.41) is 0. The molecule has 1 fully saturated rings. The summed E-state index contributed by atoms with van der Waals surface area (Å²) in [6.07, 6.45) is 6.28. The molecule has 4 nitrogen and oxygen atoms in total. The molecule has 0 aliphatic heterocycles. The Balaban J connectivity index is 1.33. The molecule has 37 heavy (non-hydrogen) atoms. The van der Waals surface area contributed by atoms with Crippen molar-refractivity contribution in [1.82, 2.24) is 0 Å². The number of halogens is 1. The van der Waals surface area contributed by atoms with Crippen molar-refractivity contribution in [3.63, 3.8) is 0 Å². The molecule has 3 aromatic rings. The van der Waals surface area contributed by atoms with Gasteiger partial charge in [0.2, 0.25) is 0 Å². The van der Waals surface area contributed by atoms with Crippen LogP contribution < -0.4 is 9.47 Å². The van der Waals surface area contributed by atoms with Gasteiger partial charge in [-0.3, -0.25) is 0 Å². The largest absolute Gasteiger partial charge is 0.494 e. The number of rotatable bonds is 10. The van der Waals surface area contributed by atoms with Crippen LogP contribution in [-0.2, 0) is 16.3 Å². The first kappa shape index (κ1) is 25.8. The SMILES string of the molecule is Cc1cc(OCCCCS(C)(=O)=O)cc(C)c1-c1ccc(F)c2c1CCC2Oc1ccc(C2CC2)cc1. The van der Waals surface area contributed by atoms with E-state index in [0.29, 0.717) is 30.9 Å². The van der Waals surface area contributed by atoms with Gasteiger partial charge in [-0.1, -0.05) is 18.2 Å². The van der Waals surface area contributed by atoms with Gasteiger partial charge in [-0.25, -0.2) is 12.8 Å². The number of sulfone groups is 1. The number of benzene rings is 3. The molecule has 1 unspecified atom stereocenters. The lowest BCUT2D eigenvalue weighted by Crippen LogP contribution is -2.07. The lowest BCUT2D eigenvalue weighted by Gasteiger charge is -2.19. The molecule has 0 amide bonds. The lowest BCUT2D eigenvalue weighted by molar-refractivity contribution is 0.203. The van der Waals surface area contributed by atoms with Gasteiger partial charge in [0.15, 0.2) is 0 Å². The molecule has 0 saturated heterocycles. The van der Waals surface area contributed by atoms with E-state index < -0.39 is 9.84 Å². The van der Waals surface area contributed by atoms with Crippen LogP contribution in [0.4, 0.5) is 4.39 Å². The van der Waals surface area contributed by atoms with E-state index in [1.54, 1.807) is 6.07 Å². The first-order valence-electron chi connectivity index (χ1n) is 13.2. The van der Waals surface area contributed by atoms with Gasteiger partial charge in [0, 0.05) is 11.8 Å². The van der Waals surface area contributed by atoms with Crippen molar-refractivity contribution in [1.29, 1.82) is 0 Å². The normalized spacial score (nSPS) is 17.0. The van der Waals surface area contributed by atoms with Crippen molar-refractivity contribution < 1.29 is 22.3 Å². The molecule has 6 heteroatoms. The quantitative estimate of drug-likeness (QED) is 0.263. The smallest absolute Gasteiger partial charge is 0.147 e. The highest BCUT2D eigenvalue weighted by molar-refractivity contribution is 7.90. The first-order chi connectivity index (χ1) is 17.7. The highest BCUT2D eigenvalue weighted by Gasteiger charge is 2.31. The van der Waals surface area contributed by atoms with Crippen LogP contribution in [0.3, 0.4) is 0 Å². The number of hydrogen-bond acceptors (Lipinski definition) is 4. The van der Waals surface area contributed by atoms with E-state index in [-0.39, 0.29) is 17.7 Å². The summed E-state index contributed by atoms with van der Waals surface area (Å²) in [6.45, 7) is 4.58. The fourth-order valence-electron chi connectivity index (χ4n) is 5.51. The van der Waals surface area contributed by atoms with Gasteiger partial charge in [0.05, 0.1) is 12.4 Å².